The summed E-state index contributed by atoms with van der Waals surface area (Å²) >= 11 is 0. The van der Waals surface area contributed by atoms with Gasteiger partial charge in [0.15, 0.2) is 11.6 Å². The largest absolute Gasteiger partial charge is 0.458 e. The lowest BCUT2D eigenvalue weighted by Gasteiger charge is -2.52. The summed E-state index contributed by atoms with van der Waals surface area (Å²) in [7, 11) is 0. The fourth-order valence-electron chi connectivity index (χ4n) is 7.11. The standard InChI is InChI=1S/C26H33NO5/c1-15-12-20-18-5-4-16-13-17(28)8-10-25(16,2)19(18)9-11-26(20,3)24(15)21(29)14-32-23(31)7-6-22(27)30/h8-10,13,15,18,20,24H,4-7,11-12,14H2,1-3H3,(H2,27,30)/t15-,18?,20?,24-,25+,26+/m1/s1. The zero-order valence-corrected chi connectivity index (χ0v) is 19.2. The van der Waals surface area contributed by atoms with E-state index in [0.717, 1.165) is 25.7 Å². The Labute approximate surface area is 189 Å². The molecule has 4 rings (SSSR count). The Morgan fingerprint density at radius 2 is 1.97 bits per heavy atom. The van der Waals surface area contributed by atoms with E-state index in [4.69, 9.17) is 10.5 Å². The molecule has 6 nitrogen and oxygen atoms in total. The molecule has 4 aliphatic carbocycles. The number of hydrogen-bond acceptors (Lipinski definition) is 5. The SMILES string of the molecule is C[C@@H]1CC2C3CCC4=CC(=O)C=C[C@]4(C)C3=CC[C@]2(C)[C@H]1C(=O)COC(=O)CCC(N)=O. The molecule has 172 valence electrons. The summed E-state index contributed by atoms with van der Waals surface area (Å²) in [5.41, 5.74) is 7.32. The fourth-order valence-corrected chi connectivity index (χ4v) is 7.11. The van der Waals surface area contributed by atoms with Crippen molar-refractivity contribution in [3.63, 3.8) is 0 Å². The summed E-state index contributed by atoms with van der Waals surface area (Å²) in [6, 6.07) is 0. The third kappa shape index (κ3) is 3.67. The Morgan fingerprint density at radius 1 is 1.22 bits per heavy atom. The van der Waals surface area contributed by atoms with Crippen molar-refractivity contribution in [3.05, 3.63) is 35.5 Å². The van der Waals surface area contributed by atoms with Crippen LogP contribution < -0.4 is 5.73 Å². The number of Topliss-reactive ketones (excluding diaryl/α,β-unsaturated/α-hetero) is 1. The van der Waals surface area contributed by atoms with Gasteiger partial charge in [0, 0.05) is 17.8 Å². The third-order valence-corrected chi connectivity index (χ3v) is 8.59. The van der Waals surface area contributed by atoms with Gasteiger partial charge in [-0.2, -0.15) is 0 Å². The van der Waals surface area contributed by atoms with Crippen molar-refractivity contribution in [2.24, 2.45) is 40.2 Å². The Morgan fingerprint density at radius 3 is 2.69 bits per heavy atom. The van der Waals surface area contributed by atoms with Crippen LogP contribution in [0.5, 0.6) is 0 Å². The number of esters is 1. The molecule has 2 saturated carbocycles. The number of hydrogen-bond donors (Lipinski definition) is 1. The van der Waals surface area contributed by atoms with Crippen molar-refractivity contribution in [2.75, 3.05) is 6.61 Å². The average Bonchev–Trinajstić information content (AvgIpc) is 3.01. The van der Waals surface area contributed by atoms with Crippen molar-refractivity contribution < 1.29 is 23.9 Å². The predicted molar refractivity (Wildman–Crippen MR) is 119 cm³/mol. The molecule has 0 heterocycles. The minimum Gasteiger partial charge on any atom is -0.458 e. The van der Waals surface area contributed by atoms with Gasteiger partial charge in [-0.15, -0.1) is 0 Å². The van der Waals surface area contributed by atoms with E-state index < -0.39 is 11.9 Å². The van der Waals surface area contributed by atoms with Gasteiger partial charge in [0.1, 0.15) is 6.61 Å². The van der Waals surface area contributed by atoms with Crippen molar-refractivity contribution in [2.45, 2.75) is 59.3 Å². The predicted octanol–water partition coefficient (Wildman–Crippen LogP) is 3.45. The van der Waals surface area contributed by atoms with Gasteiger partial charge in [0.05, 0.1) is 6.42 Å². The van der Waals surface area contributed by atoms with Crippen LogP contribution in [-0.4, -0.2) is 30.0 Å². The smallest absolute Gasteiger partial charge is 0.306 e. The van der Waals surface area contributed by atoms with Crippen molar-refractivity contribution in [1.82, 2.24) is 0 Å². The van der Waals surface area contributed by atoms with E-state index in [9.17, 15) is 19.2 Å². The van der Waals surface area contributed by atoms with E-state index >= 15 is 0 Å². The molecular formula is C26H33NO5. The quantitative estimate of drug-likeness (QED) is 0.504. The molecule has 32 heavy (non-hydrogen) atoms. The number of carbonyl (C=O) groups excluding carboxylic acids is 4. The second-order valence-electron chi connectivity index (χ2n) is 10.5. The Hall–Kier alpha value is -2.50. The first kappa shape index (κ1) is 22.7. The van der Waals surface area contributed by atoms with Crippen LogP contribution in [0.15, 0.2) is 35.5 Å². The highest BCUT2D eigenvalue weighted by Gasteiger charge is 2.59. The van der Waals surface area contributed by atoms with Gasteiger partial charge in [-0.25, -0.2) is 0 Å². The lowest BCUT2D eigenvalue weighted by molar-refractivity contribution is -0.151. The van der Waals surface area contributed by atoms with Gasteiger partial charge in [-0.05, 0) is 67.9 Å². The second-order valence-corrected chi connectivity index (χ2v) is 10.5. The van der Waals surface area contributed by atoms with Crippen LogP contribution in [0.2, 0.25) is 0 Å². The van der Waals surface area contributed by atoms with Gasteiger partial charge in [-0.3, -0.25) is 19.2 Å². The lowest BCUT2D eigenvalue weighted by Crippen LogP contribution is -2.45. The number of primary amides is 1. The minimum atomic E-state index is -0.562. The minimum absolute atomic E-state index is 0.0301. The van der Waals surface area contributed by atoms with E-state index in [1.807, 2.05) is 0 Å². The molecule has 2 N–H and O–H groups in total. The van der Waals surface area contributed by atoms with E-state index in [2.05, 4.69) is 32.9 Å². The molecule has 0 spiro atoms. The number of ketones is 2. The summed E-state index contributed by atoms with van der Waals surface area (Å²) in [5, 5.41) is 0. The Balaban J connectivity index is 1.52. The molecule has 0 saturated heterocycles. The molecule has 0 bridgehead atoms. The zero-order chi connectivity index (χ0) is 23.3. The molecule has 6 heteroatoms. The monoisotopic (exact) mass is 439 g/mol. The molecule has 0 radical (unpaired) electrons. The van der Waals surface area contributed by atoms with Crippen LogP contribution in [0.4, 0.5) is 0 Å². The molecular weight excluding hydrogens is 406 g/mol. The number of nitrogens with two attached hydrogens (primary N) is 1. The van der Waals surface area contributed by atoms with E-state index in [1.165, 1.54) is 11.1 Å². The van der Waals surface area contributed by atoms with E-state index in [-0.39, 0.29) is 53.7 Å². The molecule has 2 unspecified atom stereocenters. The number of allylic oxidation sites excluding steroid dienone is 6. The molecule has 0 aliphatic heterocycles. The number of carbonyl (C=O) groups is 4. The molecule has 6 atom stereocenters. The maximum atomic E-state index is 13.2. The first-order valence-corrected chi connectivity index (χ1v) is 11.7. The van der Waals surface area contributed by atoms with Gasteiger partial charge in [0.2, 0.25) is 5.91 Å². The summed E-state index contributed by atoms with van der Waals surface area (Å²) in [5.74, 6) is -0.248. The highest BCUT2D eigenvalue weighted by molar-refractivity contribution is 6.01. The summed E-state index contributed by atoms with van der Waals surface area (Å²) in [6.45, 7) is 6.33. The Bertz CT molecular complexity index is 959. The Kier molecular flexibility index (Phi) is 5.76. The van der Waals surface area contributed by atoms with Crippen molar-refractivity contribution in [1.29, 1.82) is 0 Å². The van der Waals surface area contributed by atoms with Crippen molar-refractivity contribution in [3.8, 4) is 0 Å². The number of ether oxygens (including phenoxy) is 1. The van der Waals surface area contributed by atoms with Gasteiger partial charge < -0.3 is 10.5 Å². The molecule has 0 aromatic heterocycles. The van der Waals surface area contributed by atoms with Crippen LogP contribution >= 0.6 is 0 Å². The zero-order valence-electron chi connectivity index (χ0n) is 19.2. The topological polar surface area (TPSA) is 104 Å². The van der Waals surface area contributed by atoms with E-state index in [0.29, 0.717) is 11.8 Å². The van der Waals surface area contributed by atoms with Gasteiger partial charge >= 0.3 is 5.97 Å². The highest BCUT2D eigenvalue weighted by atomic mass is 16.5. The lowest BCUT2D eigenvalue weighted by atomic mass is 9.52. The molecule has 0 aromatic carbocycles. The first-order valence-electron chi connectivity index (χ1n) is 11.7. The van der Waals surface area contributed by atoms with Gasteiger partial charge in [-0.1, -0.05) is 37.1 Å². The second kappa shape index (κ2) is 8.13. The number of amides is 1. The molecule has 0 aromatic rings. The van der Waals surface area contributed by atoms with Crippen LogP contribution in [0, 0.1) is 34.5 Å². The summed E-state index contributed by atoms with van der Waals surface area (Å²) in [4.78, 5) is 47.8. The maximum absolute atomic E-state index is 13.2. The molecule has 1 amide bonds. The molecule has 2 fully saturated rings. The average molecular weight is 440 g/mol. The van der Waals surface area contributed by atoms with Crippen LogP contribution in [-0.2, 0) is 23.9 Å². The first-order chi connectivity index (χ1) is 15.1. The van der Waals surface area contributed by atoms with Crippen LogP contribution in [0.25, 0.3) is 0 Å². The molecule has 4 aliphatic rings. The van der Waals surface area contributed by atoms with Crippen LogP contribution in [0.1, 0.15) is 59.3 Å². The summed E-state index contributed by atoms with van der Waals surface area (Å²) < 4.78 is 5.18. The fraction of sp³-hybridized carbons (Fsp3) is 0.615. The van der Waals surface area contributed by atoms with Gasteiger partial charge in [0.25, 0.3) is 0 Å². The number of fused-ring (bicyclic) bond motifs is 5. The highest BCUT2D eigenvalue weighted by Crippen LogP contribution is 2.65. The summed E-state index contributed by atoms with van der Waals surface area (Å²) in [6.07, 6.45) is 11.4. The van der Waals surface area contributed by atoms with Crippen LogP contribution in [0.3, 0.4) is 0 Å². The van der Waals surface area contributed by atoms with Crippen molar-refractivity contribution >= 4 is 23.4 Å². The van der Waals surface area contributed by atoms with E-state index in [1.54, 1.807) is 12.2 Å². The number of rotatable bonds is 6. The normalized spacial score (nSPS) is 37.5. The maximum Gasteiger partial charge on any atom is 0.306 e. The third-order valence-electron chi connectivity index (χ3n) is 8.59.